The second-order valence-corrected chi connectivity index (χ2v) is 9.99. The average molecular weight is 316 g/mol. The molecule has 3 fully saturated rings. The molecule has 0 aromatic rings. The molecule has 23 heavy (non-hydrogen) atoms. The first-order valence-electron chi connectivity index (χ1n) is 11.1. The van der Waals surface area contributed by atoms with Crippen molar-refractivity contribution in [1.82, 2.24) is 0 Å². The maximum absolute atomic E-state index is 2.72. The minimum Gasteiger partial charge on any atom is -0.0625 e. The first-order chi connectivity index (χ1) is 11.1. The summed E-state index contributed by atoms with van der Waals surface area (Å²) in [5, 5.41) is 0.666. The van der Waals surface area contributed by atoms with Gasteiger partial charge in [0.1, 0.15) is 7.85 Å². The number of rotatable bonds is 2. The second kappa shape index (κ2) is 7.96. The van der Waals surface area contributed by atoms with Gasteiger partial charge in [0.05, 0.1) is 0 Å². The van der Waals surface area contributed by atoms with E-state index in [9.17, 15) is 0 Å². The highest BCUT2D eigenvalue weighted by Crippen LogP contribution is 2.59. The van der Waals surface area contributed by atoms with E-state index in [1.807, 2.05) is 0 Å². The topological polar surface area (TPSA) is 0 Å². The Hall–Kier alpha value is 0.0649. The second-order valence-electron chi connectivity index (χ2n) is 9.99. The third kappa shape index (κ3) is 4.01. The van der Waals surface area contributed by atoms with Crippen LogP contribution in [0.4, 0.5) is 0 Å². The van der Waals surface area contributed by atoms with E-state index in [4.69, 9.17) is 0 Å². The molecular formula is C22H41B. The van der Waals surface area contributed by atoms with Crippen LogP contribution in [0.1, 0.15) is 104 Å². The Bertz CT molecular complexity index is 355. The lowest BCUT2D eigenvalue weighted by atomic mass is 9.46. The van der Waals surface area contributed by atoms with Crippen LogP contribution in [0.3, 0.4) is 0 Å². The molecule has 0 amide bonds. The molecule has 0 bridgehead atoms. The van der Waals surface area contributed by atoms with E-state index in [1.165, 1.54) is 70.6 Å². The summed E-state index contributed by atoms with van der Waals surface area (Å²) in [6.45, 7) is 5.07. The van der Waals surface area contributed by atoms with Crippen LogP contribution in [0.5, 0.6) is 0 Å². The van der Waals surface area contributed by atoms with Gasteiger partial charge >= 0.3 is 0 Å². The van der Waals surface area contributed by atoms with Crippen LogP contribution >= 0.6 is 0 Å². The SMILES string of the molecule is BC1(C2C(C(C)C)CCCC3CCCCCCC32)CCCCC1. The van der Waals surface area contributed by atoms with Crippen molar-refractivity contribution in [2.24, 2.45) is 29.6 Å². The number of hydrogen-bond acceptors (Lipinski definition) is 0. The van der Waals surface area contributed by atoms with Crippen LogP contribution in [-0.4, -0.2) is 7.85 Å². The molecule has 3 rings (SSSR count). The van der Waals surface area contributed by atoms with Crippen molar-refractivity contribution in [3.05, 3.63) is 0 Å². The molecule has 0 spiro atoms. The molecule has 3 aliphatic carbocycles. The molecule has 3 aliphatic rings. The fourth-order valence-electron chi connectivity index (χ4n) is 7.01. The molecule has 3 saturated carbocycles. The summed E-state index contributed by atoms with van der Waals surface area (Å²) in [6, 6.07) is 0. The largest absolute Gasteiger partial charge is 0.109 e. The van der Waals surface area contributed by atoms with Crippen LogP contribution in [-0.2, 0) is 0 Å². The molecule has 0 aliphatic heterocycles. The van der Waals surface area contributed by atoms with Gasteiger partial charge in [0.15, 0.2) is 0 Å². The number of fused-ring (bicyclic) bond motifs is 1. The van der Waals surface area contributed by atoms with Crippen molar-refractivity contribution < 1.29 is 0 Å². The van der Waals surface area contributed by atoms with Gasteiger partial charge in [0, 0.05) is 0 Å². The van der Waals surface area contributed by atoms with E-state index >= 15 is 0 Å². The monoisotopic (exact) mass is 316 g/mol. The van der Waals surface area contributed by atoms with Gasteiger partial charge < -0.3 is 0 Å². The maximum Gasteiger partial charge on any atom is 0.109 e. The first-order valence-corrected chi connectivity index (χ1v) is 11.1. The highest BCUT2D eigenvalue weighted by Gasteiger charge is 2.47. The van der Waals surface area contributed by atoms with Gasteiger partial charge in [-0.1, -0.05) is 96.2 Å². The van der Waals surface area contributed by atoms with Gasteiger partial charge in [-0.3, -0.25) is 0 Å². The summed E-state index contributed by atoms with van der Waals surface area (Å²) < 4.78 is 0. The molecule has 0 heterocycles. The summed E-state index contributed by atoms with van der Waals surface area (Å²) in [6.07, 6.45) is 21.4. The highest BCUT2D eigenvalue weighted by atomic mass is 14.5. The number of hydrogen-bond donors (Lipinski definition) is 0. The van der Waals surface area contributed by atoms with Gasteiger partial charge in [0.2, 0.25) is 0 Å². The average Bonchev–Trinajstić information content (AvgIpc) is 2.68. The molecule has 4 unspecified atom stereocenters. The lowest BCUT2D eigenvalue weighted by Gasteiger charge is -2.51. The molecule has 0 aromatic carbocycles. The van der Waals surface area contributed by atoms with Crippen LogP contribution < -0.4 is 0 Å². The van der Waals surface area contributed by atoms with E-state index in [1.54, 1.807) is 19.3 Å². The quantitative estimate of drug-likeness (QED) is 0.517. The van der Waals surface area contributed by atoms with Crippen molar-refractivity contribution in [1.29, 1.82) is 0 Å². The van der Waals surface area contributed by atoms with Crippen LogP contribution in [0.15, 0.2) is 0 Å². The molecular weight excluding hydrogens is 275 g/mol. The van der Waals surface area contributed by atoms with E-state index in [2.05, 4.69) is 21.7 Å². The molecule has 0 nitrogen and oxygen atoms in total. The lowest BCUT2D eigenvalue weighted by Crippen LogP contribution is -2.41. The van der Waals surface area contributed by atoms with Gasteiger partial charge in [-0.05, 0) is 42.4 Å². The summed E-state index contributed by atoms with van der Waals surface area (Å²) in [7, 11) is 2.72. The van der Waals surface area contributed by atoms with E-state index in [-0.39, 0.29) is 0 Å². The Morgan fingerprint density at radius 2 is 1.35 bits per heavy atom. The van der Waals surface area contributed by atoms with Crippen molar-refractivity contribution in [2.75, 3.05) is 0 Å². The van der Waals surface area contributed by atoms with Gasteiger partial charge in [-0.25, -0.2) is 0 Å². The summed E-state index contributed by atoms with van der Waals surface area (Å²) >= 11 is 0. The smallest absolute Gasteiger partial charge is 0.0625 e. The van der Waals surface area contributed by atoms with Crippen molar-refractivity contribution in [3.8, 4) is 0 Å². The van der Waals surface area contributed by atoms with Crippen molar-refractivity contribution in [3.63, 3.8) is 0 Å². The molecule has 1 heteroatoms. The Morgan fingerprint density at radius 1 is 0.739 bits per heavy atom. The van der Waals surface area contributed by atoms with Crippen molar-refractivity contribution in [2.45, 2.75) is 109 Å². The molecule has 0 saturated heterocycles. The third-order valence-corrected chi connectivity index (χ3v) is 8.16. The molecule has 0 N–H and O–H groups in total. The van der Waals surface area contributed by atoms with E-state index in [0.29, 0.717) is 5.31 Å². The first kappa shape index (κ1) is 17.9. The van der Waals surface area contributed by atoms with E-state index in [0.717, 1.165) is 29.6 Å². The van der Waals surface area contributed by atoms with Gasteiger partial charge in [0.25, 0.3) is 0 Å². The van der Waals surface area contributed by atoms with Gasteiger partial charge in [-0.15, -0.1) is 0 Å². The predicted molar refractivity (Wildman–Crippen MR) is 105 cm³/mol. The fourth-order valence-corrected chi connectivity index (χ4v) is 7.01. The van der Waals surface area contributed by atoms with Gasteiger partial charge in [-0.2, -0.15) is 0 Å². The van der Waals surface area contributed by atoms with E-state index < -0.39 is 0 Å². The molecule has 4 atom stereocenters. The zero-order valence-corrected chi connectivity index (χ0v) is 16.3. The normalized spacial score (nSPS) is 39.1. The molecule has 0 aromatic heterocycles. The Morgan fingerprint density at radius 3 is 2.04 bits per heavy atom. The molecule has 132 valence electrons. The minimum absolute atomic E-state index is 0.666. The van der Waals surface area contributed by atoms with Crippen LogP contribution in [0.2, 0.25) is 5.31 Å². The highest BCUT2D eigenvalue weighted by molar-refractivity contribution is 6.15. The summed E-state index contributed by atoms with van der Waals surface area (Å²) in [5.74, 6) is 5.07. The van der Waals surface area contributed by atoms with Crippen molar-refractivity contribution >= 4 is 7.85 Å². The summed E-state index contributed by atoms with van der Waals surface area (Å²) in [4.78, 5) is 0. The summed E-state index contributed by atoms with van der Waals surface area (Å²) in [5.41, 5.74) is 0. The zero-order chi connectivity index (χ0) is 16.3. The van der Waals surface area contributed by atoms with Crippen LogP contribution in [0, 0.1) is 29.6 Å². The minimum atomic E-state index is 0.666. The Labute approximate surface area is 147 Å². The lowest BCUT2D eigenvalue weighted by molar-refractivity contribution is 0.0619. The Balaban J connectivity index is 1.91. The maximum atomic E-state index is 2.72. The fraction of sp³-hybridized carbons (Fsp3) is 1.00. The molecule has 0 radical (unpaired) electrons. The predicted octanol–water partition coefficient (Wildman–Crippen LogP) is 6.40. The zero-order valence-electron chi connectivity index (χ0n) is 16.3. The third-order valence-electron chi connectivity index (χ3n) is 8.16. The Kier molecular flexibility index (Phi) is 6.19. The standard InChI is InChI=1S/C22H41B/c1-17(2)19-14-10-12-18-11-6-3-4-7-13-20(18)21(19)22(23)15-8-5-9-16-22/h17-21H,3-16,23H2,1-2H3. The van der Waals surface area contributed by atoms with Crippen LogP contribution in [0.25, 0.3) is 0 Å².